The van der Waals surface area contributed by atoms with Crippen LogP contribution in [-0.2, 0) is 19.1 Å². The Morgan fingerprint density at radius 1 is 1.14 bits per heavy atom. The van der Waals surface area contributed by atoms with E-state index >= 15 is 0 Å². The van der Waals surface area contributed by atoms with Gasteiger partial charge in [-0.05, 0) is 12.5 Å². The van der Waals surface area contributed by atoms with E-state index < -0.39 is 0 Å². The third-order valence-corrected chi connectivity index (χ3v) is 1.43. The van der Waals surface area contributed by atoms with Crippen LogP contribution in [0.4, 0.5) is 0 Å². The molecule has 0 aromatic heterocycles. The molecule has 0 fully saturated rings. The first-order valence-corrected chi connectivity index (χ1v) is 4.60. The minimum atomic E-state index is -0.300. The first kappa shape index (κ1) is 12.7. The Balaban J connectivity index is 3.78. The first-order chi connectivity index (χ1) is 6.60. The average Bonchev–Trinajstić information content (AvgIpc) is 2.22. The molecule has 80 valence electrons. The van der Waals surface area contributed by atoms with Gasteiger partial charge in [0.05, 0.1) is 6.26 Å². The predicted molar refractivity (Wildman–Crippen MR) is 51.4 cm³/mol. The summed E-state index contributed by atoms with van der Waals surface area (Å²) in [7, 11) is 0. The van der Waals surface area contributed by atoms with Gasteiger partial charge in [-0.1, -0.05) is 13.8 Å². The van der Waals surface area contributed by atoms with Gasteiger partial charge in [-0.3, -0.25) is 9.59 Å². The first-order valence-electron chi connectivity index (χ1n) is 4.60. The zero-order chi connectivity index (χ0) is 11.0. The van der Waals surface area contributed by atoms with Crippen molar-refractivity contribution in [3.8, 4) is 0 Å². The van der Waals surface area contributed by atoms with E-state index in [1.165, 1.54) is 6.26 Å². The van der Waals surface area contributed by atoms with Crippen molar-refractivity contribution >= 4 is 11.9 Å². The van der Waals surface area contributed by atoms with E-state index in [2.05, 4.69) is 0 Å². The maximum atomic E-state index is 10.8. The molecule has 0 aliphatic heterocycles. The molecule has 4 heteroatoms. The van der Waals surface area contributed by atoms with Gasteiger partial charge < -0.3 is 9.47 Å². The average molecular weight is 200 g/mol. The number of carbonyl (C=O) groups is 2. The molecule has 0 aliphatic carbocycles. The molecule has 0 heterocycles. The molecule has 0 aliphatic rings. The second-order valence-corrected chi connectivity index (χ2v) is 2.82. The molecule has 0 saturated carbocycles. The van der Waals surface area contributed by atoms with Crippen molar-refractivity contribution in [1.29, 1.82) is 0 Å². The fourth-order valence-corrected chi connectivity index (χ4v) is 0.580. The molecule has 0 saturated heterocycles. The Morgan fingerprint density at radius 2 is 1.71 bits per heavy atom. The molecule has 0 radical (unpaired) electrons. The second-order valence-electron chi connectivity index (χ2n) is 2.82. The highest BCUT2D eigenvalue weighted by molar-refractivity contribution is 5.70. The van der Waals surface area contributed by atoms with Crippen LogP contribution in [0.15, 0.2) is 11.8 Å². The fraction of sp³-hybridized carbons (Fsp3) is 0.600. The molecule has 4 nitrogen and oxygen atoms in total. The van der Waals surface area contributed by atoms with Gasteiger partial charge in [0.15, 0.2) is 0 Å². The van der Waals surface area contributed by atoms with E-state index in [0.717, 1.165) is 0 Å². The molecule has 0 bridgehead atoms. The summed E-state index contributed by atoms with van der Waals surface area (Å²) in [5.74, 6) is -0.564. The van der Waals surface area contributed by atoms with E-state index in [9.17, 15) is 9.59 Å². The SMILES string of the molecule is CCC(=O)O/C=C(/C)COC(=O)CC. The molecule has 0 rings (SSSR count). The van der Waals surface area contributed by atoms with Crippen LogP contribution in [0.5, 0.6) is 0 Å². The van der Waals surface area contributed by atoms with Crippen LogP contribution in [0.1, 0.15) is 33.6 Å². The highest BCUT2D eigenvalue weighted by Gasteiger charge is 2.00. The Labute approximate surface area is 83.9 Å². The number of rotatable bonds is 5. The van der Waals surface area contributed by atoms with Crippen molar-refractivity contribution < 1.29 is 19.1 Å². The highest BCUT2D eigenvalue weighted by atomic mass is 16.5. The molecule has 0 aromatic carbocycles. The number of carbonyl (C=O) groups excluding carboxylic acids is 2. The summed E-state index contributed by atoms with van der Waals surface area (Å²) in [6, 6.07) is 0. The van der Waals surface area contributed by atoms with Gasteiger partial charge in [0.1, 0.15) is 6.61 Å². The lowest BCUT2D eigenvalue weighted by Gasteiger charge is -2.03. The van der Waals surface area contributed by atoms with Gasteiger partial charge in [-0.15, -0.1) is 0 Å². The lowest BCUT2D eigenvalue weighted by atomic mass is 10.4. The normalized spacial score (nSPS) is 10.9. The minimum absolute atomic E-state index is 0.170. The summed E-state index contributed by atoms with van der Waals surface area (Å²) in [6.45, 7) is 5.33. The minimum Gasteiger partial charge on any atom is -0.461 e. The maximum Gasteiger partial charge on any atom is 0.310 e. The molecule has 0 unspecified atom stereocenters. The van der Waals surface area contributed by atoms with Crippen molar-refractivity contribution in [3.63, 3.8) is 0 Å². The number of hydrogen-bond acceptors (Lipinski definition) is 4. The van der Waals surface area contributed by atoms with E-state index in [0.29, 0.717) is 18.4 Å². The van der Waals surface area contributed by atoms with Crippen LogP contribution in [-0.4, -0.2) is 18.5 Å². The zero-order valence-electron chi connectivity index (χ0n) is 8.83. The lowest BCUT2D eigenvalue weighted by Crippen LogP contribution is -2.05. The van der Waals surface area contributed by atoms with Crippen molar-refractivity contribution in [1.82, 2.24) is 0 Å². The predicted octanol–water partition coefficient (Wildman–Crippen LogP) is 1.80. The maximum absolute atomic E-state index is 10.8. The third-order valence-electron chi connectivity index (χ3n) is 1.43. The summed E-state index contributed by atoms with van der Waals surface area (Å²) in [5.41, 5.74) is 0.702. The second kappa shape index (κ2) is 7.12. The van der Waals surface area contributed by atoms with Crippen molar-refractivity contribution in [2.24, 2.45) is 0 Å². The Morgan fingerprint density at radius 3 is 2.21 bits per heavy atom. The van der Waals surface area contributed by atoms with Gasteiger partial charge in [-0.2, -0.15) is 0 Å². The summed E-state index contributed by atoms with van der Waals surface area (Å²) in [4.78, 5) is 21.5. The molecule has 14 heavy (non-hydrogen) atoms. The Bertz CT molecular complexity index is 230. The van der Waals surface area contributed by atoms with E-state index in [1.54, 1.807) is 20.8 Å². The van der Waals surface area contributed by atoms with Gasteiger partial charge in [0.25, 0.3) is 0 Å². The summed E-state index contributed by atoms with van der Waals surface area (Å²) in [6.07, 6.45) is 2.00. The third kappa shape index (κ3) is 6.22. The zero-order valence-corrected chi connectivity index (χ0v) is 8.83. The largest absolute Gasteiger partial charge is 0.461 e. The number of ether oxygens (including phenoxy) is 2. The summed E-state index contributed by atoms with van der Waals surface area (Å²) < 4.78 is 9.55. The smallest absolute Gasteiger partial charge is 0.310 e. The molecule has 0 aromatic rings. The standard InChI is InChI=1S/C10H16O4/c1-4-9(11)13-6-8(3)7-14-10(12)5-2/h6H,4-5,7H2,1-3H3/b8-6-. The van der Waals surface area contributed by atoms with Crippen LogP contribution in [0.2, 0.25) is 0 Å². The van der Waals surface area contributed by atoms with Crippen LogP contribution < -0.4 is 0 Å². The summed E-state index contributed by atoms with van der Waals surface area (Å²) >= 11 is 0. The molecule has 0 N–H and O–H groups in total. The summed E-state index contributed by atoms with van der Waals surface area (Å²) in [5, 5.41) is 0. The molecular formula is C10H16O4. The number of esters is 2. The topological polar surface area (TPSA) is 52.6 Å². The monoisotopic (exact) mass is 200 g/mol. The van der Waals surface area contributed by atoms with Crippen LogP contribution >= 0.6 is 0 Å². The van der Waals surface area contributed by atoms with E-state index in [4.69, 9.17) is 9.47 Å². The molecule has 0 amide bonds. The Kier molecular flexibility index (Phi) is 6.45. The van der Waals surface area contributed by atoms with Gasteiger partial charge in [0, 0.05) is 12.8 Å². The van der Waals surface area contributed by atoms with Crippen LogP contribution in [0, 0.1) is 0 Å². The lowest BCUT2D eigenvalue weighted by molar-refractivity contribution is -0.142. The van der Waals surface area contributed by atoms with Gasteiger partial charge in [-0.25, -0.2) is 0 Å². The number of hydrogen-bond donors (Lipinski definition) is 0. The van der Waals surface area contributed by atoms with E-state index in [-0.39, 0.29) is 18.5 Å². The highest BCUT2D eigenvalue weighted by Crippen LogP contribution is 1.97. The van der Waals surface area contributed by atoms with E-state index in [1.807, 2.05) is 0 Å². The van der Waals surface area contributed by atoms with Crippen molar-refractivity contribution in [2.75, 3.05) is 6.61 Å². The van der Waals surface area contributed by atoms with Crippen LogP contribution in [0.3, 0.4) is 0 Å². The van der Waals surface area contributed by atoms with Crippen molar-refractivity contribution in [2.45, 2.75) is 33.6 Å². The molecule has 0 spiro atoms. The molecule has 0 atom stereocenters. The van der Waals surface area contributed by atoms with Gasteiger partial charge >= 0.3 is 11.9 Å². The van der Waals surface area contributed by atoms with Crippen LogP contribution in [0.25, 0.3) is 0 Å². The Hall–Kier alpha value is -1.32. The fourth-order valence-electron chi connectivity index (χ4n) is 0.580. The van der Waals surface area contributed by atoms with Crippen molar-refractivity contribution in [3.05, 3.63) is 11.8 Å². The quantitative estimate of drug-likeness (QED) is 0.501. The molecular weight excluding hydrogens is 184 g/mol. The van der Waals surface area contributed by atoms with Gasteiger partial charge in [0.2, 0.25) is 0 Å².